The Morgan fingerprint density at radius 1 is 1.17 bits per heavy atom. The van der Waals surface area contributed by atoms with Crippen molar-refractivity contribution in [1.29, 1.82) is 0 Å². The van der Waals surface area contributed by atoms with Crippen molar-refractivity contribution in [3.8, 4) is 11.5 Å². The molecular formula is C18H31BrN2O2. The van der Waals surface area contributed by atoms with Crippen molar-refractivity contribution in [3.05, 3.63) is 22.2 Å². The number of halogens is 1. The van der Waals surface area contributed by atoms with E-state index >= 15 is 0 Å². The number of nitrogens with one attached hydrogen (secondary N) is 1. The number of rotatable bonds is 12. The van der Waals surface area contributed by atoms with Crippen molar-refractivity contribution in [2.24, 2.45) is 0 Å². The van der Waals surface area contributed by atoms with E-state index in [2.05, 4.69) is 53.0 Å². The summed E-state index contributed by atoms with van der Waals surface area (Å²) in [4.78, 5) is 2.44. The summed E-state index contributed by atoms with van der Waals surface area (Å²) in [6, 6.07) is 4.06. The summed E-state index contributed by atoms with van der Waals surface area (Å²) in [5.74, 6) is 1.64. The lowest BCUT2D eigenvalue weighted by Crippen LogP contribution is -2.27. The SMILES string of the molecule is CCCOc1c(CNCCCN(CC)CC)cc(Br)cc1OC. The Balaban J connectivity index is 2.58. The molecule has 0 amide bonds. The van der Waals surface area contributed by atoms with Crippen LogP contribution >= 0.6 is 15.9 Å². The fraction of sp³-hybridized carbons (Fsp3) is 0.667. The summed E-state index contributed by atoms with van der Waals surface area (Å²) in [6.45, 7) is 12.4. The Hall–Kier alpha value is -0.780. The van der Waals surface area contributed by atoms with Crippen LogP contribution in [0.1, 0.15) is 39.2 Å². The molecule has 0 bridgehead atoms. The van der Waals surface area contributed by atoms with Gasteiger partial charge in [-0.3, -0.25) is 0 Å². The number of hydrogen-bond acceptors (Lipinski definition) is 4. The van der Waals surface area contributed by atoms with Gasteiger partial charge in [-0.2, -0.15) is 0 Å². The van der Waals surface area contributed by atoms with Crippen LogP contribution in [0.15, 0.2) is 16.6 Å². The van der Waals surface area contributed by atoms with Crippen LogP contribution in [0.3, 0.4) is 0 Å². The molecule has 1 aromatic rings. The van der Waals surface area contributed by atoms with Crippen LogP contribution in [0.2, 0.25) is 0 Å². The summed E-state index contributed by atoms with van der Waals surface area (Å²) in [5.41, 5.74) is 1.13. The molecule has 0 heterocycles. The summed E-state index contributed by atoms with van der Waals surface area (Å²) in [7, 11) is 1.68. The highest BCUT2D eigenvalue weighted by Crippen LogP contribution is 2.35. The second-order valence-corrected chi connectivity index (χ2v) is 6.42. The van der Waals surface area contributed by atoms with Gasteiger partial charge in [0.2, 0.25) is 0 Å². The van der Waals surface area contributed by atoms with Gasteiger partial charge in [0.25, 0.3) is 0 Å². The van der Waals surface area contributed by atoms with E-state index in [1.165, 1.54) is 0 Å². The first-order chi connectivity index (χ1) is 11.2. The maximum atomic E-state index is 5.90. The third kappa shape index (κ3) is 7.10. The minimum Gasteiger partial charge on any atom is -0.493 e. The van der Waals surface area contributed by atoms with Crippen molar-refractivity contribution in [2.75, 3.05) is 39.9 Å². The number of benzene rings is 1. The van der Waals surface area contributed by atoms with Gasteiger partial charge in [0.15, 0.2) is 11.5 Å². The summed E-state index contributed by atoms with van der Waals surface area (Å²) in [6.07, 6.45) is 2.13. The van der Waals surface area contributed by atoms with E-state index in [-0.39, 0.29) is 0 Å². The van der Waals surface area contributed by atoms with Crippen molar-refractivity contribution in [3.63, 3.8) is 0 Å². The molecule has 0 fully saturated rings. The molecule has 0 saturated heterocycles. The van der Waals surface area contributed by atoms with E-state index in [1.54, 1.807) is 7.11 Å². The van der Waals surface area contributed by atoms with Gasteiger partial charge >= 0.3 is 0 Å². The molecule has 0 aromatic heterocycles. The Labute approximate surface area is 149 Å². The highest BCUT2D eigenvalue weighted by Gasteiger charge is 2.12. The quantitative estimate of drug-likeness (QED) is 0.549. The molecule has 0 aliphatic heterocycles. The average Bonchev–Trinajstić information content (AvgIpc) is 2.56. The molecule has 1 N–H and O–H groups in total. The molecule has 0 radical (unpaired) electrons. The van der Waals surface area contributed by atoms with Gasteiger partial charge in [-0.15, -0.1) is 0 Å². The van der Waals surface area contributed by atoms with E-state index in [1.807, 2.05) is 6.07 Å². The molecule has 0 aliphatic rings. The van der Waals surface area contributed by atoms with Crippen molar-refractivity contribution >= 4 is 15.9 Å². The molecule has 1 aromatic carbocycles. The molecule has 0 unspecified atom stereocenters. The molecule has 0 spiro atoms. The lowest BCUT2D eigenvalue weighted by molar-refractivity contribution is 0.288. The molecule has 0 aliphatic carbocycles. The zero-order chi connectivity index (χ0) is 17.1. The maximum absolute atomic E-state index is 5.90. The van der Waals surface area contributed by atoms with Gasteiger partial charge in [-0.1, -0.05) is 36.7 Å². The third-order valence-electron chi connectivity index (χ3n) is 3.80. The molecule has 0 atom stereocenters. The molecule has 4 nitrogen and oxygen atoms in total. The van der Waals surface area contributed by atoms with Crippen LogP contribution in [0.4, 0.5) is 0 Å². The highest BCUT2D eigenvalue weighted by atomic mass is 79.9. The predicted molar refractivity (Wildman–Crippen MR) is 101 cm³/mol. The minimum absolute atomic E-state index is 0.701. The second-order valence-electron chi connectivity index (χ2n) is 5.50. The third-order valence-corrected chi connectivity index (χ3v) is 4.26. The molecule has 1 rings (SSSR count). The van der Waals surface area contributed by atoms with Gasteiger partial charge in [0, 0.05) is 16.6 Å². The van der Waals surface area contributed by atoms with Crippen LogP contribution in [0.25, 0.3) is 0 Å². The van der Waals surface area contributed by atoms with E-state index < -0.39 is 0 Å². The van der Waals surface area contributed by atoms with Gasteiger partial charge in [0.1, 0.15) is 0 Å². The van der Waals surface area contributed by atoms with Gasteiger partial charge < -0.3 is 19.7 Å². The number of ether oxygens (including phenoxy) is 2. The van der Waals surface area contributed by atoms with E-state index in [9.17, 15) is 0 Å². The van der Waals surface area contributed by atoms with Crippen LogP contribution < -0.4 is 14.8 Å². The normalized spacial score (nSPS) is 11.0. The largest absolute Gasteiger partial charge is 0.493 e. The molecular weight excluding hydrogens is 356 g/mol. The summed E-state index contributed by atoms with van der Waals surface area (Å²) >= 11 is 3.55. The van der Waals surface area contributed by atoms with Gasteiger partial charge in [-0.25, -0.2) is 0 Å². The average molecular weight is 387 g/mol. The lowest BCUT2D eigenvalue weighted by atomic mass is 10.1. The van der Waals surface area contributed by atoms with Gasteiger partial charge in [-0.05, 0) is 51.2 Å². The van der Waals surface area contributed by atoms with Crippen molar-refractivity contribution in [1.82, 2.24) is 10.2 Å². The predicted octanol–water partition coefficient (Wildman–Crippen LogP) is 4.07. The number of methoxy groups -OCH3 is 1. The van der Waals surface area contributed by atoms with Crippen LogP contribution in [-0.4, -0.2) is 44.8 Å². The Morgan fingerprint density at radius 3 is 2.52 bits per heavy atom. The van der Waals surface area contributed by atoms with E-state index in [0.29, 0.717) is 6.61 Å². The summed E-state index contributed by atoms with van der Waals surface area (Å²) < 4.78 is 12.4. The molecule has 0 saturated carbocycles. The van der Waals surface area contributed by atoms with E-state index in [0.717, 1.165) is 67.1 Å². The smallest absolute Gasteiger partial charge is 0.165 e. The topological polar surface area (TPSA) is 33.7 Å². The van der Waals surface area contributed by atoms with Gasteiger partial charge in [0.05, 0.1) is 13.7 Å². The first kappa shape index (κ1) is 20.3. The maximum Gasteiger partial charge on any atom is 0.165 e. The van der Waals surface area contributed by atoms with Crippen molar-refractivity contribution in [2.45, 2.75) is 40.2 Å². The zero-order valence-electron chi connectivity index (χ0n) is 15.0. The molecule has 5 heteroatoms. The fourth-order valence-corrected chi connectivity index (χ4v) is 2.95. The number of hydrogen-bond donors (Lipinski definition) is 1. The Morgan fingerprint density at radius 2 is 1.91 bits per heavy atom. The second kappa shape index (κ2) is 11.7. The van der Waals surface area contributed by atoms with Crippen molar-refractivity contribution < 1.29 is 9.47 Å². The summed E-state index contributed by atoms with van der Waals surface area (Å²) in [5, 5.41) is 3.52. The molecule has 23 heavy (non-hydrogen) atoms. The monoisotopic (exact) mass is 386 g/mol. The minimum atomic E-state index is 0.701. The Bertz CT molecular complexity index is 451. The van der Waals surface area contributed by atoms with Crippen LogP contribution in [0.5, 0.6) is 11.5 Å². The fourth-order valence-electron chi connectivity index (χ4n) is 2.46. The van der Waals surface area contributed by atoms with Crippen LogP contribution in [0, 0.1) is 0 Å². The zero-order valence-corrected chi connectivity index (χ0v) is 16.5. The molecule has 132 valence electrons. The first-order valence-corrected chi connectivity index (χ1v) is 9.37. The Kier molecular flexibility index (Phi) is 10.3. The standard InChI is InChI=1S/C18H31BrN2O2/c1-5-11-23-18-15(12-16(19)13-17(18)22-4)14-20-9-8-10-21(6-2)7-3/h12-13,20H,5-11,14H2,1-4H3. The lowest BCUT2D eigenvalue weighted by Gasteiger charge is -2.18. The van der Waals surface area contributed by atoms with Crippen LogP contribution in [-0.2, 0) is 6.54 Å². The number of nitrogens with zero attached hydrogens (tertiary/aromatic N) is 1. The van der Waals surface area contributed by atoms with E-state index in [4.69, 9.17) is 9.47 Å². The highest BCUT2D eigenvalue weighted by molar-refractivity contribution is 9.10. The first-order valence-electron chi connectivity index (χ1n) is 8.58.